The van der Waals surface area contributed by atoms with E-state index < -0.39 is 11.9 Å². The molecular weight excluding hydrogens is 378 g/mol. The van der Waals surface area contributed by atoms with E-state index in [-0.39, 0.29) is 10.6 Å². The lowest BCUT2D eigenvalue weighted by Gasteiger charge is -2.36. The largest absolute Gasteiger partial charge is 0.473 e. The molecule has 0 spiro atoms. The molecule has 0 bridgehead atoms. The maximum absolute atomic E-state index is 10.7. The number of carbonyl (C=O) groups is 2. The Labute approximate surface area is 169 Å². The normalized spacial score (nSPS) is 19.8. The van der Waals surface area contributed by atoms with Crippen LogP contribution in [-0.2, 0) is 16.1 Å². The molecule has 2 N–H and O–H groups in total. The van der Waals surface area contributed by atoms with Crippen molar-refractivity contribution in [3.63, 3.8) is 0 Å². The molecule has 0 aromatic heterocycles. The summed E-state index contributed by atoms with van der Waals surface area (Å²) in [6.45, 7) is 6.55. The van der Waals surface area contributed by atoms with Crippen molar-refractivity contribution >= 4 is 17.6 Å². The van der Waals surface area contributed by atoms with Gasteiger partial charge >= 0.3 is 11.9 Å². The number of non-ortho nitro benzene ring substituents is 1. The van der Waals surface area contributed by atoms with Crippen LogP contribution in [-0.4, -0.2) is 69.6 Å². The van der Waals surface area contributed by atoms with E-state index in [9.17, 15) is 10.1 Å². The summed E-state index contributed by atoms with van der Waals surface area (Å²) in [5, 5.41) is 25.5. The molecule has 3 rings (SSSR count). The molecule has 1 aliphatic heterocycles. The second kappa shape index (κ2) is 11.3. The van der Waals surface area contributed by atoms with Gasteiger partial charge in [0, 0.05) is 51.4 Å². The third-order valence-electron chi connectivity index (χ3n) is 5.10. The highest BCUT2D eigenvalue weighted by Crippen LogP contribution is 2.20. The SMILES string of the molecule is O=C(O)C(=O)O.O=[N+]([O-])c1ccc(CN2CCN(CC3CC=CCC3)CC2)cc1. The fourth-order valence-corrected chi connectivity index (χ4v) is 3.50. The van der Waals surface area contributed by atoms with Crippen LogP contribution in [0.5, 0.6) is 0 Å². The summed E-state index contributed by atoms with van der Waals surface area (Å²) in [5.41, 5.74) is 1.32. The summed E-state index contributed by atoms with van der Waals surface area (Å²) >= 11 is 0. The molecule has 1 unspecified atom stereocenters. The van der Waals surface area contributed by atoms with Gasteiger partial charge in [0.15, 0.2) is 0 Å². The first-order valence-electron chi connectivity index (χ1n) is 9.64. The topological polar surface area (TPSA) is 124 Å². The number of carboxylic acids is 2. The van der Waals surface area contributed by atoms with Crippen LogP contribution in [0.15, 0.2) is 36.4 Å². The van der Waals surface area contributed by atoms with Gasteiger partial charge in [-0.25, -0.2) is 9.59 Å². The fraction of sp³-hybridized carbons (Fsp3) is 0.500. The molecule has 0 amide bonds. The molecule has 1 aromatic carbocycles. The third kappa shape index (κ3) is 8.00. The third-order valence-corrected chi connectivity index (χ3v) is 5.10. The van der Waals surface area contributed by atoms with Crippen molar-refractivity contribution in [3.05, 3.63) is 52.1 Å². The molecule has 1 fully saturated rings. The number of benzene rings is 1. The lowest BCUT2D eigenvalue weighted by atomic mass is 9.94. The number of rotatable bonds is 5. The van der Waals surface area contributed by atoms with Gasteiger partial charge in [-0.2, -0.15) is 0 Å². The van der Waals surface area contributed by atoms with E-state index in [1.165, 1.54) is 25.8 Å². The number of hydrogen-bond acceptors (Lipinski definition) is 6. The van der Waals surface area contributed by atoms with Gasteiger partial charge in [0.1, 0.15) is 0 Å². The molecule has 1 heterocycles. The number of aliphatic carboxylic acids is 2. The zero-order valence-electron chi connectivity index (χ0n) is 16.3. The van der Waals surface area contributed by atoms with E-state index in [0.29, 0.717) is 0 Å². The summed E-state index contributed by atoms with van der Waals surface area (Å²) < 4.78 is 0. The number of nitro groups is 1. The summed E-state index contributed by atoms with van der Waals surface area (Å²) in [5.74, 6) is -2.81. The van der Waals surface area contributed by atoms with Crippen LogP contribution >= 0.6 is 0 Å². The van der Waals surface area contributed by atoms with Crippen LogP contribution < -0.4 is 0 Å². The van der Waals surface area contributed by atoms with Crippen molar-refractivity contribution in [2.45, 2.75) is 25.8 Å². The van der Waals surface area contributed by atoms with Gasteiger partial charge in [0.2, 0.25) is 0 Å². The van der Waals surface area contributed by atoms with Crippen molar-refractivity contribution in [3.8, 4) is 0 Å². The Bertz CT molecular complexity index is 714. The van der Waals surface area contributed by atoms with Gasteiger partial charge in [-0.15, -0.1) is 0 Å². The van der Waals surface area contributed by atoms with E-state index in [0.717, 1.165) is 44.2 Å². The van der Waals surface area contributed by atoms with Crippen LogP contribution in [0.2, 0.25) is 0 Å². The van der Waals surface area contributed by atoms with E-state index in [1.54, 1.807) is 12.1 Å². The van der Waals surface area contributed by atoms with Gasteiger partial charge in [-0.3, -0.25) is 15.0 Å². The van der Waals surface area contributed by atoms with E-state index in [4.69, 9.17) is 19.8 Å². The first kappa shape index (κ1) is 22.5. The van der Waals surface area contributed by atoms with E-state index in [1.807, 2.05) is 12.1 Å². The Hall–Kier alpha value is -2.78. The number of allylic oxidation sites excluding steroid dienone is 2. The molecule has 9 nitrogen and oxygen atoms in total. The lowest BCUT2D eigenvalue weighted by molar-refractivity contribution is -0.384. The summed E-state index contributed by atoms with van der Waals surface area (Å²) in [6, 6.07) is 6.95. The van der Waals surface area contributed by atoms with E-state index in [2.05, 4.69) is 22.0 Å². The Morgan fingerprint density at radius 2 is 1.59 bits per heavy atom. The van der Waals surface area contributed by atoms with Crippen LogP contribution in [0.3, 0.4) is 0 Å². The molecule has 0 saturated carbocycles. The molecule has 1 saturated heterocycles. The van der Waals surface area contributed by atoms with Gasteiger partial charge in [0.05, 0.1) is 4.92 Å². The predicted molar refractivity (Wildman–Crippen MR) is 107 cm³/mol. The van der Waals surface area contributed by atoms with Gasteiger partial charge < -0.3 is 15.1 Å². The molecule has 158 valence electrons. The average molecular weight is 405 g/mol. The summed E-state index contributed by atoms with van der Waals surface area (Å²) in [7, 11) is 0. The fourth-order valence-electron chi connectivity index (χ4n) is 3.50. The van der Waals surface area contributed by atoms with Crippen molar-refractivity contribution in [1.82, 2.24) is 9.80 Å². The van der Waals surface area contributed by atoms with Gasteiger partial charge in [0.25, 0.3) is 5.69 Å². The van der Waals surface area contributed by atoms with Crippen LogP contribution in [0, 0.1) is 16.0 Å². The zero-order chi connectivity index (χ0) is 21.2. The minimum atomic E-state index is -1.82. The van der Waals surface area contributed by atoms with Crippen LogP contribution in [0.1, 0.15) is 24.8 Å². The number of carboxylic acid groups (broad SMARTS) is 2. The number of piperazine rings is 1. The van der Waals surface area contributed by atoms with Gasteiger partial charge in [-0.05, 0) is 30.7 Å². The first-order chi connectivity index (χ1) is 13.8. The van der Waals surface area contributed by atoms with Crippen LogP contribution in [0.4, 0.5) is 5.69 Å². The minimum absolute atomic E-state index is 0.167. The number of hydrogen-bond donors (Lipinski definition) is 2. The molecule has 1 aliphatic carbocycles. The monoisotopic (exact) mass is 405 g/mol. The quantitative estimate of drug-likeness (QED) is 0.331. The Morgan fingerprint density at radius 3 is 2.07 bits per heavy atom. The van der Waals surface area contributed by atoms with Gasteiger partial charge in [-0.1, -0.05) is 24.3 Å². The molecular formula is C20H27N3O6. The van der Waals surface area contributed by atoms with Crippen molar-refractivity contribution in [1.29, 1.82) is 0 Å². The highest BCUT2D eigenvalue weighted by molar-refractivity contribution is 6.27. The molecule has 2 aliphatic rings. The molecule has 29 heavy (non-hydrogen) atoms. The first-order valence-corrected chi connectivity index (χ1v) is 9.64. The molecule has 1 aromatic rings. The second-order valence-corrected chi connectivity index (χ2v) is 7.26. The second-order valence-electron chi connectivity index (χ2n) is 7.26. The maximum atomic E-state index is 10.7. The Balaban J connectivity index is 0.000000438. The Morgan fingerprint density at radius 1 is 1.00 bits per heavy atom. The van der Waals surface area contributed by atoms with Crippen molar-refractivity contribution in [2.75, 3.05) is 32.7 Å². The van der Waals surface area contributed by atoms with Crippen molar-refractivity contribution < 1.29 is 24.7 Å². The number of nitrogens with zero attached hydrogens (tertiary/aromatic N) is 3. The molecule has 1 atom stereocenters. The highest BCUT2D eigenvalue weighted by atomic mass is 16.6. The minimum Gasteiger partial charge on any atom is -0.473 e. The predicted octanol–water partition coefficient (Wildman–Crippen LogP) is 2.22. The van der Waals surface area contributed by atoms with E-state index >= 15 is 0 Å². The Kier molecular flexibility index (Phi) is 8.75. The smallest absolute Gasteiger partial charge is 0.414 e. The maximum Gasteiger partial charge on any atom is 0.414 e. The molecule has 0 radical (unpaired) electrons. The lowest BCUT2D eigenvalue weighted by Crippen LogP contribution is -2.47. The molecule has 9 heteroatoms. The number of nitro benzene ring substituents is 1. The zero-order valence-corrected chi connectivity index (χ0v) is 16.3. The van der Waals surface area contributed by atoms with Crippen molar-refractivity contribution in [2.24, 2.45) is 5.92 Å². The summed E-state index contributed by atoms with van der Waals surface area (Å²) in [4.78, 5) is 33.6. The highest BCUT2D eigenvalue weighted by Gasteiger charge is 2.20. The average Bonchev–Trinajstić information content (AvgIpc) is 2.71. The standard InChI is InChI=1S/C18H25N3O2.C2H2O4/c22-21(23)18-8-6-17(7-9-18)15-20-12-10-19(11-13-20)14-16-4-2-1-3-5-16;3-1(4)2(5)6/h1-2,6-9,16H,3-5,10-15H2;(H,3,4)(H,5,6). The summed E-state index contributed by atoms with van der Waals surface area (Å²) in [6.07, 6.45) is 8.45. The van der Waals surface area contributed by atoms with Crippen LogP contribution in [0.25, 0.3) is 0 Å².